The van der Waals surface area contributed by atoms with Gasteiger partial charge in [-0.25, -0.2) is 0 Å². The molecule has 1 atom stereocenters. The van der Waals surface area contributed by atoms with Crippen molar-refractivity contribution in [2.24, 2.45) is 5.73 Å². The molecule has 0 aliphatic heterocycles. The molecule has 1 aromatic carbocycles. The van der Waals surface area contributed by atoms with Gasteiger partial charge in [-0.2, -0.15) is 0 Å². The maximum Gasteiger partial charge on any atom is 0.269 e. The molecule has 0 spiro atoms. The fourth-order valence-corrected chi connectivity index (χ4v) is 1.02. The van der Waals surface area contributed by atoms with Gasteiger partial charge in [-0.3, -0.25) is 10.1 Å². The van der Waals surface area contributed by atoms with Crippen molar-refractivity contribution in [3.05, 3.63) is 34.4 Å². The van der Waals surface area contributed by atoms with Crippen molar-refractivity contribution in [1.29, 1.82) is 0 Å². The van der Waals surface area contributed by atoms with Gasteiger partial charge in [0.15, 0.2) is 0 Å². The molecule has 14 heavy (non-hydrogen) atoms. The van der Waals surface area contributed by atoms with Gasteiger partial charge in [0, 0.05) is 30.4 Å². The second kappa shape index (κ2) is 4.57. The third-order valence-corrected chi connectivity index (χ3v) is 1.84. The molecule has 0 bridgehead atoms. The molecule has 0 aromatic heterocycles. The van der Waals surface area contributed by atoms with Crippen LogP contribution in [0.15, 0.2) is 24.3 Å². The number of hydrogen-bond donors (Lipinski definition) is 2. The first-order valence-corrected chi connectivity index (χ1v) is 4.34. The Balaban J connectivity index is 2.68. The highest BCUT2D eigenvalue weighted by Gasteiger charge is 2.04. The summed E-state index contributed by atoms with van der Waals surface area (Å²) in [6.45, 7) is 2.47. The van der Waals surface area contributed by atoms with Gasteiger partial charge in [0.1, 0.15) is 0 Å². The van der Waals surface area contributed by atoms with E-state index < -0.39 is 4.92 Å². The summed E-state index contributed by atoms with van der Waals surface area (Å²) in [6.07, 6.45) is 0. The fourth-order valence-electron chi connectivity index (χ4n) is 1.02. The van der Waals surface area contributed by atoms with Crippen LogP contribution in [-0.4, -0.2) is 17.5 Å². The molecule has 0 amide bonds. The summed E-state index contributed by atoms with van der Waals surface area (Å²) in [5, 5.41) is 13.5. The van der Waals surface area contributed by atoms with E-state index in [4.69, 9.17) is 5.73 Å². The van der Waals surface area contributed by atoms with Crippen LogP contribution in [0.3, 0.4) is 0 Å². The fraction of sp³-hybridized carbons (Fsp3) is 0.333. The smallest absolute Gasteiger partial charge is 0.269 e. The molecule has 76 valence electrons. The highest BCUT2D eigenvalue weighted by molar-refractivity contribution is 5.49. The molecular weight excluding hydrogens is 182 g/mol. The zero-order chi connectivity index (χ0) is 10.6. The minimum atomic E-state index is -0.420. The van der Waals surface area contributed by atoms with Crippen LogP contribution < -0.4 is 11.1 Å². The summed E-state index contributed by atoms with van der Waals surface area (Å²) in [6, 6.07) is 6.43. The van der Waals surface area contributed by atoms with E-state index in [2.05, 4.69) is 5.32 Å². The van der Waals surface area contributed by atoms with Crippen molar-refractivity contribution < 1.29 is 4.92 Å². The number of anilines is 1. The molecular formula is C9H13N3O2. The number of nitro benzene ring substituents is 1. The van der Waals surface area contributed by atoms with Gasteiger partial charge in [0.25, 0.3) is 5.69 Å². The summed E-state index contributed by atoms with van der Waals surface area (Å²) in [7, 11) is 0. The van der Waals surface area contributed by atoms with Crippen LogP contribution in [-0.2, 0) is 0 Å². The van der Waals surface area contributed by atoms with Gasteiger partial charge in [-0.1, -0.05) is 0 Å². The summed E-state index contributed by atoms with van der Waals surface area (Å²) in [5.41, 5.74) is 6.36. The first-order valence-electron chi connectivity index (χ1n) is 4.34. The molecule has 3 N–H and O–H groups in total. The van der Waals surface area contributed by atoms with Gasteiger partial charge in [-0.05, 0) is 19.1 Å². The predicted octanol–water partition coefficient (Wildman–Crippen LogP) is 1.35. The van der Waals surface area contributed by atoms with E-state index in [1.54, 1.807) is 12.1 Å². The summed E-state index contributed by atoms with van der Waals surface area (Å²) < 4.78 is 0. The molecule has 0 radical (unpaired) electrons. The molecule has 0 fully saturated rings. The molecule has 0 aliphatic rings. The van der Waals surface area contributed by atoms with Crippen molar-refractivity contribution in [3.8, 4) is 0 Å². The Morgan fingerprint density at radius 2 is 2.07 bits per heavy atom. The minimum absolute atomic E-state index is 0.0935. The Morgan fingerprint density at radius 3 is 2.50 bits per heavy atom. The quantitative estimate of drug-likeness (QED) is 0.561. The molecule has 1 aromatic rings. The lowest BCUT2D eigenvalue weighted by molar-refractivity contribution is -0.384. The molecule has 5 nitrogen and oxygen atoms in total. The number of nitrogens with one attached hydrogen (secondary N) is 1. The Morgan fingerprint density at radius 1 is 1.50 bits per heavy atom. The number of hydrogen-bond acceptors (Lipinski definition) is 4. The molecule has 0 aliphatic carbocycles. The number of benzene rings is 1. The number of nitrogens with two attached hydrogens (primary N) is 1. The van der Waals surface area contributed by atoms with E-state index >= 15 is 0 Å². The summed E-state index contributed by atoms with van der Waals surface area (Å²) >= 11 is 0. The van der Waals surface area contributed by atoms with Gasteiger partial charge in [-0.15, -0.1) is 0 Å². The Labute approximate surface area is 82.1 Å². The first-order chi connectivity index (χ1) is 6.63. The highest BCUT2D eigenvalue weighted by Crippen LogP contribution is 2.15. The number of non-ortho nitro benzene ring substituents is 1. The lowest BCUT2D eigenvalue weighted by atomic mass is 10.2. The van der Waals surface area contributed by atoms with Crippen LogP contribution in [0.2, 0.25) is 0 Å². The third kappa shape index (κ3) is 2.70. The second-order valence-corrected chi connectivity index (χ2v) is 3.09. The SMILES string of the molecule is CC(CN)Nc1ccc([N+](=O)[O-])cc1. The van der Waals surface area contributed by atoms with Crippen LogP contribution in [0.1, 0.15) is 6.92 Å². The average molecular weight is 195 g/mol. The lowest BCUT2D eigenvalue weighted by Gasteiger charge is -2.11. The van der Waals surface area contributed by atoms with Crippen LogP contribution in [0.25, 0.3) is 0 Å². The third-order valence-electron chi connectivity index (χ3n) is 1.84. The summed E-state index contributed by atoms with van der Waals surface area (Å²) in [4.78, 5) is 9.94. The normalized spacial score (nSPS) is 12.1. The molecule has 0 saturated heterocycles. The van der Waals surface area contributed by atoms with E-state index in [-0.39, 0.29) is 11.7 Å². The topological polar surface area (TPSA) is 81.2 Å². The molecule has 0 heterocycles. The van der Waals surface area contributed by atoms with E-state index in [0.29, 0.717) is 6.54 Å². The van der Waals surface area contributed by atoms with E-state index in [0.717, 1.165) is 5.69 Å². The van der Waals surface area contributed by atoms with Crippen molar-refractivity contribution >= 4 is 11.4 Å². The molecule has 0 saturated carbocycles. The number of nitrogens with zero attached hydrogens (tertiary/aromatic N) is 1. The molecule has 1 unspecified atom stereocenters. The number of nitro groups is 1. The maximum absolute atomic E-state index is 10.4. The average Bonchev–Trinajstić information content (AvgIpc) is 2.18. The Kier molecular flexibility index (Phi) is 3.41. The highest BCUT2D eigenvalue weighted by atomic mass is 16.6. The zero-order valence-electron chi connectivity index (χ0n) is 7.93. The van der Waals surface area contributed by atoms with Crippen molar-refractivity contribution in [1.82, 2.24) is 0 Å². The van der Waals surface area contributed by atoms with Crippen LogP contribution in [0.4, 0.5) is 11.4 Å². The second-order valence-electron chi connectivity index (χ2n) is 3.09. The summed E-state index contributed by atoms with van der Waals surface area (Å²) in [5.74, 6) is 0. The van der Waals surface area contributed by atoms with E-state index in [1.807, 2.05) is 6.92 Å². The largest absolute Gasteiger partial charge is 0.381 e. The predicted molar refractivity (Wildman–Crippen MR) is 55.2 cm³/mol. The first kappa shape index (κ1) is 10.5. The minimum Gasteiger partial charge on any atom is -0.381 e. The maximum atomic E-state index is 10.4. The molecule has 5 heteroatoms. The van der Waals surface area contributed by atoms with E-state index in [9.17, 15) is 10.1 Å². The van der Waals surface area contributed by atoms with Gasteiger partial charge in [0.2, 0.25) is 0 Å². The Bertz CT molecular complexity index is 310. The molecule has 1 rings (SSSR count). The Hall–Kier alpha value is -1.62. The van der Waals surface area contributed by atoms with Gasteiger partial charge >= 0.3 is 0 Å². The van der Waals surface area contributed by atoms with Crippen LogP contribution in [0, 0.1) is 10.1 Å². The van der Waals surface area contributed by atoms with Crippen molar-refractivity contribution in [2.75, 3.05) is 11.9 Å². The van der Waals surface area contributed by atoms with Crippen LogP contribution in [0.5, 0.6) is 0 Å². The van der Waals surface area contributed by atoms with Crippen LogP contribution >= 0.6 is 0 Å². The van der Waals surface area contributed by atoms with Crippen molar-refractivity contribution in [3.63, 3.8) is 0 Å². The van der Waals surface area contributed by atoms with E-state index in [1.165, 1.54) is 12.1 Å². The lowest BCUT2D eigenvalue weighted by Crippen LogP contribution is -2.24. The number of rotatable bonds is 4. The van der Waals surface area contributed by atoms with Gasteiger partial charge < -0.3 is 11.1 Å². The zero-order valence-corrected chi connectivity index (χ0v) is 7.93. The standard InChI is InChI=1S/C9H13N3O2/c1-7(6-10)11-8-2-4-9(5-3-8)12(13)14/h2-5,7,11H,6,10H2,1H3. The van der Waals surface area contributed by atoms with Gasteiger partial charge in [0.05, 0.1) is 4.92 Å². The monoisotopic (exact) mass is 195 g/mol. The van der Waals surface area contributed by atoms with Crippen molar-refractivity contribution in [2.45, 2.75) is 13.0 Å².